The summed E-state index contributed by atoms with van der Waals surface area (Å²) in [5.74, 6) is -2.89. The molecular formula is C22H17F3O7. The number of carbonyl (C=O) groups is 1. The fraction of sp³-hybridized carbons (Fsp3) is 0.273. The van der Waals surface area contributed by atoms with Crippen LogP contribution in [-0.2, 0) is 15.7 Å². The molecule has 0 bridgehead atoms. The van der Waals surface area contributed by atoms with Crippen LogP contribution in [0.1, 0.15) is 18.6 Å². The van der Waals surface area contributed by atoms with Gasteiger partial charge in [-0.1, -0.05) is 0 Å². The molecule has 0 N–H and O–H groups in total. The lowest BCUT2D eigenvalue weighted by molar-refractivity contribution is -0.154. The molecule has 0 aliphatic carbocycles. The molecule has 4 rings (SSSR count). The Balaban J connectivity index is 1.72. The lowest BCUT2D eigenvalue weighted by Crippen LogP contribution is -2.24. The number of carbonyl (C=O) groups excluding carboxylic acids is 1. The van der Waals surface area contributed by atoms with E-state index in [1.807, 2.05) is 0 Å². The zero-order valence-electron chi connectivity index (χ0n) is 16.7. The van der Waals surface area contributed by atoms with E-state index >= 15 is 0 Å². The van der Waals surface area contributed by atoms with E-state index in [1.165, 1.54) is 43.5 Å². The summed E-state index contributed by atoms with van der Waals surface area (Å²) in [5.41, 5.74) is -1.42. The van der Waals surface area contributed by atoms with Crippen molar-refractivity contribution in [2.45, 2.75) is 25.1 Å². The summed E-state index contributed by atoms with van der Waals surface area (Å²) in [4.78, 5) is 24.9. The van der Waals surface area contributed by atoms with E-state index in [9.17, 15) is 22.8 Å². The van der Waals surface area contributed by atoms with Gasteiger partial charge in [-0.05, 0) is 49.2 Å². The quantitative estimate of drug-likeness (QED) is 0.412. The van der Waals surface area contributed by atoms with Gasteiger partial charge < -0.3 is 23.4 Å². The van der Waals surface area contributed by atoms with Gasteiger partial charge in [-0.2, -0.15) is 13.2 Å². The first-order valence-corrected chi connectivity index (χ1v) is 9.59. The van der Waals surface area contributed by atoms with Crippen LogP contribution in [0.5, 0.6) is 23.0 Å². The van der Waals surface area contributed by atoms with Crippen molar-refractivity contribution in [1.29, 1.82) is 0 Å². The van der Waals surface area contributed by atoms with Crippen molar-refractivity contribution in [2.24, 2.45) is 0 Å². The molecule has 0 spiro atoms. The smallest absolute Gasteiger partial charge is 0.453 e. The van der Waals surface area contributed by atoms with Crippen LogP contribution in [0.25, 0.3) is 11.0 Å². The Morgan fingerprint density at radius 3 is 2.38 bits per heavy atom. The summed E-state index contributed by atoms with van der Waals surface area (Å²) >= 11 is 0. The Hall–Kier alpha value is -3.53. The maximum absolute atomic E-state index is 13.7. The highest BCUT2D eigenvalue weighted by Crippen LogP contribution is 2.39. The minimum Gasteiger partial charge on any atom is -0.497 e. The molecule has 1 saturated heterocycles. The number of benzene rings is 2. The molecule has 168 valence electrons. The third-order valence-electron chi connectivity index (χ3n) is 4.77. The first-order chi connectivity index (χ1) is 15.3. The molecule has 0 amide bonds. The molecular weight excluding hydrogens is 433 g/mol. The highest BCUT2D eigenvalue weighted by molar-refractivity contribution is 5.82. The first-order valence-electron chi connectivity index (χ1n) is 9.59. The van der Waals surface area contributed by atoms with Crippen molar-refractivity contribution < 1.29 is 41.3 Å². The molecule has 2 heterocycles. The molecule has 1 atom stereocenters. The molecule has 0 saturated carbocycles. The lowest BCUT2D eigenvalue weighted by Gasteiger charge is -2.14. The monoisotopic (exact) mass is 450 g/mol. The van der Waals surface area contributed by atoms with Crippen LogP contribution in [0, 0.1) is 0 Å². The van der Waals surface area contributed by atoms with Crippen LogP contribution < -0.4 is 19.6 Å². The number of esters is 1. The molecule has 32 heavy (non-hydrogen) atoms. The van der Waals surface area contributed by atoms with Gasteiger partial charge in [0.2, 0.25) is 11.2 Å². The predicted molar refractivity (Wildman–Crippen MR) is 105 cm³/mol. The number of hydrogen-bond donors (Lipinski definition) is 0. The molecule has 1 aliphatic rings. The van der Waals surface area contributed by atoms with E-state index in [4.69, 9.17) is 23.4 Å². The largest absolute Gasteiger partial charge is 0.497 e. The van der Waals surface area contributed by atoms with E-state index in [1.54, 1.807) is 0 Å². The second-order valence-electron chi connectivity index (χ2n) is 6.95. The SMILES string of the molecule is COc1ccc(Oc2c(C(F)(F)F)oc3cc(OC(=O)C4CCCO4)ccc3c2=O)cc1. The summed E-state index contributed by atoms with van der Waals surface area (Å²) in [7, 11) is 1.43. The molecule has 2 aromatic carbocycles. The van der Waals surface area contributed by atoms with Crippen LogP contribution in [0.3, 0.4) is 0 Å². The summed E-state index contributed by atoms with van der Waals surface area (Å²) < 4.78 is 66.6. The second kappa shape index (κ2) is 8.54. The fourth-order valence-electron chi connectivity index (χ4n) is 3.21. The highest BCUT2D eigenvalue weighted by atomic mass is 19.4. The number of hydrogen-bond acceptors (Lipinski definition) is 7. The van der Waals surface area contributed by atoms with Gasteiger partial charge in [0.05, 0.1) is 12.5 Å². The average molecular weight is 450 g/mol. The van der Waals surface area contributed by atoms with Gasteiger partial charge in [-0.15, -0.1) is 0 Å². The average Bonchev–Trinajstić information content (AvgIpc) is 3.30. The third-order valence-corrected chi connectivity index (χ3v) is 4.77. The molecule has 10 heteroatoms. The standard InChI is InChI=1S/C22H17F3O7/c1-28-12-4-6-13(7-5-12)30-19-18(26)15-9-8-14(31-21(27)16-3-2-10-29-16)11-17(15)32-20(19)22(23,24)25/h4-9,11,16H,2-3,10H2,1H3. The summed E-state index contributed by atoms with van der Waals surface area (Å²) in [5, 5.41) is -0.168. The summed E-state index contributed by atoms with van der Waals surface area (Å²) in [6.07, 6.45) is -4.55. The Morgan fingerprint density at radius 1 is 1.06 bits per heavy atom. The molecule has 1 unspecified atom stereocenters. The van der Waals surface area contributed by atoms with E-state index < -0.39 is 40.8 Å². The fourth-order valence-corrected chi connectivity index (χ4v) is 3.21. The minimum absolute atomic E-state index is 0.00920. The van der Waals surface area contributed by atoms with Gasteiger partial charge in [-0.25, -0.2) is 4.79 Å². The highest BCUT2D eigenvalue weighted by Gasteiger charge is 2.40. The zero-order valence-corrected chi connectivity index (χ0v) is 16.7. The van der Waals surface area contributed by atoms with Crippen molar-refractivity contribution >= 4 is 16.9 Å². The predicted octanol–water partition coefficient (Wildman–Crippen LogP) is 4.70. The van der Waals surface area contributed by atoms with Crippen LogP contribution >= 0.6 is 0 Å². The van der Waals surface area contributed by atoms with Gasteiger partial charge in [0.25, 0.3) is 5.76 Å². The van der Waals surface area contributed by atoms with Gasteiger partial charge in [0.1, 0.15) is 22.8 Å². The van der Waals surface area contributed by atoms with Gasteiger partial charge >= 0.3 is 12.1 Å². The van der Waals surface area contributed by atoms with Gasteiger partial charge in [0, 0.05) is 12.7 Å². The summed E-state index contributed by atoms with van der Waals surface area (Å²) in [6, 6.07) is 9.21. The maximum Gasteiger partial charge on any atom is 0.453 e. The molecule has 0 radical (unpaired) electrons. The first kappa shape index (κ1) is 21.7. The van der Waals surface area contributed by atoms with E-state index in [0.717, 1.165) is 6.07 Å². The van der Waals surface area contributed by atoms with Crippen molar-refractivity contribution in [2.75, 3.05) is 13.7 Å². The molecule has 7 nitrogen and oxygen atoms in total. The minimum atomic E-state index is -5.01. The normalized spacial score (nSPS) is 16.2. The van der Waals surface area contributed by atoms with Crippen LogP contribution in [0.15, 0.2) is 51.7 Å². The van der Waals surface area contributed by atoms with E-state index in [0.29, 0.717) is 25.2 Å². The number of rotatable bonds is 5. The summed E-state index contributed by atoms with van der Waals surface area (Å²) in [6.45, 7) is 0.429. The van der Waals surface area contributed by atoms with Crippen LogP contribution in [0.4, 0.5) is 13.2 Å². The van der Waals surface area contributed by atoms with Crippen LogP contribution in [-0.4, -0.2) is 25.8 Å². The number of alkyl halides is 3. The van der Waals surface area contributed by atoms with Crippen molar-refractivity contribution in [3.8, 4) is 23.0 Å². The lowest BCUT2D eigenvalue weighted by atomic mass is 10.2. The Bertz CT molecular complexity index is 1190. The zero-order chi connectivity index (χ0) is 22.9. The van der Waals surface area contributed by atoms with Gasteiger partial charge in [0.15, 0.2) is 6.10 Å². The van der Waals surface area contributed by atoms with E-state index in [-0.39, 0.29) is 16.9 Å². The topological polar surface area (TPSA) is 84.2 Å². The Labute approximate surface area is 179 Å². The molecule has 3 aromatic rings. The molecule has 1 aromatic heterocycles. The van der Waals surface area contributed by atoms with Gasteiger partial charge in [-0.3, -0.25) is 4.79 Å². The number of halogens is 3. The third kappa shape index (κ3) is 4.40. The van der Waals surface area contributed by atoms with E-state index in [2.05, 4.69) is 0 Å². The van der Waals surface area contributed by atoms with Crippen molar-refractivity contribution in [3.05, 3.63) is 58.4 Å². The molecule has 1 fully saturated rings. The number of methoxy groups -OCH3 is 1. The molecule has 1 aliphatic heterocycles. The van der Waals surface area contributed by atoms with Crippen LogP contribution in [0.2, 0.25) is 0 Å². The Morgan fingerprint density at radius 2 is 1.75 bits per heavy atom. The van der Waals surface area contributed by atoms with Crippen molar-refractivity contribution in [3.63, 3.8) is 0 Å². The second-order valence-corrected chi connectivity index (χ2v) is 6.95. The number of fused-ring (bicyclic) bond motifs is 1. The maximum atomic E-state index is 13.7. The van der Waals surface area contributed by atoms with Crippen molar-refractivity contribution in [1.82, 2.24) is 0 Å². The number of ether oxygens (including phenoxy) is 4. The Kier molecular flexibility index (Phi) is 5.79.